The molecule has 1 fully saturated rings. The Balaban J connectivity index is 2.73. The van der Waals surface area contributed by atoms with Gasteiger partial charge in [-0.15, -0.1) is 0 Å². The van der Waals surface area contributed by atoms with Gasteiger partial charge < -0.3 is 5.73 Å². The lowest BCUT2D eigenvalue weighted by atomic mass is 9.96. The van der Waals surface area contributed by atoms with Crippen LogP contribution in [0.5, 0.6) is 0 Å². The Labute approximate surface area is 82.1 Å². The van der Waals surface area contributed by atoms with Crippen LogP contribution in [0, 0.1) is 5.92 Å². The summed E-state index contributed by atoms with van der Waals surface area (Å²) in [5, 5.41) is 0. The molecule has 2 N–H and O–H groups in total. The van der Waals surface area contributed by atoms with E-state index in [9.17, 15) is 17.2 Å². The second kappa shape index (κ2) is 4.08. The molecule has 4 nitrogen and oxygen atoms in total. The number of rotatable bonds is 2. The van der Waals surface area contributed by atoms with Crippen LogP contribution in [0.3, 0.4) is 0 Å². The van der Waals surface area contributed by atoms with E-state index in [0.717, 1.165) is 4.31 Å². The van der Waals surface area contributed by atoms with Gasteiger partial charge in [-0.25, -0.2) is 8.42 Å². The van der Waals surface area contributed by atoms with Gasteiger partial charge in [0.2, 0.25) is 0 Å². The Morgan fingerprint density at radius 3 is 2.50 bits per heavy atom. The highest BCUT2D eigenvalue weighted by atomic mass is 32.2. The van der Waals surface area contributed by atoms with Gasteiger partial charge >= 0.3 is 5.76 Å². The van der Waals surface area contributed by atoms with E-state index >= 15 is 0 Å². The normalized spacial score (nSPS) is 30.9. The quantitative estimate of drug-likeness (QED) is 0.734. The topological polar surface area (TPSA) is 63.4 Å². The molecule has 0 spiro atoms. The highest BCUT2D eigenvalue weighted by molar-refractivity contribution is 7.89. The van der Waals surface area contributed by atoms with Crippen molar-refractivity contribution in [3.8, 4) is 0 Å². The second-order valence-corrected chi connectivity index (χ2v) is 5.50. The molecule has 2 atom stereocenters. The minimum atomic E-state index is -4.44. The third kappa shape index (κ3) is 2.21. The van der Waals surface area contributed by atoms with E-state index in [1.54, 1.807) is 0 Å². The SMILES string of the molecule is CC1CCN(S(=O)(=O)C(F)F)CC1N. The van der Waals surface area contributed by atoms with Crippen molar-refractivity contribution in [2.24, 2.45) is 11.7 Å². The molecule has 0 aromatic rings. The third-order valence-corrected chi connectivity index (χ3v) is 4.07. The highest BCUT2D eigenvalue weighted by Gasteiger charge is 2.36. The van der Waals surface area contributed by atoms with Gasteiger partial charge in [0, 0.05) is 19.1 Å². The minimum absolute atomic E-state index is 0.00611. The zero-order valence-corrected chi connectivity index (χ0v) is 8.68. The predicted molar refractivity (Wildman–Crippen MR) is 48.3 cm³/mol. The molecule has 84 valence electrons. The number of nitrogens with two attached hydrogens (primary N) is 1. The Hall–Kier alpha value is -0.270. The molecule has 0 radical (unpaired) electrons. The first-order chi connectivity index (χ1) is 6.35. The van der Waals surface area contributed by atoms with Crippen LogP contribution >= 0.6 is 0 Å². The summed E-state index contributed by atoms with van der Waals surface area (Å²) in [6.45, 7) is 2.02. The Morgan fingerprint density at radius 2 is 2.07 bits per heavy atom. The molecule has 2 unspecified atom stereocenters. The van der Waals surface area contributed by atoms with Crippen LogP contribution in [-0.2, 0) is 10.0 Å². The van der Waals surface area contributed by atoms with Crippen LogP contribution in [0.4, 0.5) is 8.78 Å². The molecule has 0 aliphatic carbocycles. The standard InChI is InChI=1S/C7H14F2N2O2S/c1-5-2-3-11(4-6(5)10)14(12,13)7(8)9/h5-7H,2-4,10H2,1H3. The smallest absolute Gasteiger partial charge is 0.326 e. The molecule has 1 heterocycles. The van der Waals surface area contributed by atoms with Gasteiger partial charge in [-0.05, 0) is 12.3 Å². The van der Waals surface area contributed by atoms with Crippen molar-refractivity contribution in [3.63, 3.8) is 0 Å². The van der Waals surface area contributed by atoms with Crippen LogP contribution in [-0.4, -0.2) is 37.6 Å². The van der Waals surface area contributed by atoms with Gasteiger partial charge in [0.05, 0.1) is 0 Å². The van der Waals surface area contributed by atoms with Crippen molar-refractivity contribution in [1.29, 1.82) is 0 Å². The Morgan fingerprint density at radius 1 is 1.50 bits per heavy atom. The van der Waals surface area contributed by atoms with Crippen LogP contribution in [0.15, 0.2) is 0 Å². The predicted octanol–water partition coefficient (Wildman–Crippen LogP) is 0.208. The van der Waals surface area contributed by atoms with Gasteiger partial charge in [0.1, 0.15) is 0 Å². The third-order valence-electron chi connectivity index (χ3n) is 2.56. The second-order valence-electron chi connectivity index (χ2n) is 3.59. The largest absolute Gasteiger partial charge is 0.350 e. The van der Waals surface area contributed by atoms with Crippen LogP contribution < -0.4 is 5.73 Å². The molecular weight excluding hydrogens is 214 g/mol. The minimum Gasteiger partial charge on any atom is -0.326 e. The van der Waals surface area contributed by atoms with E-state index in [0.29, 0.717) is 6.42 Å². The summed E-state index contributed by atoms with van der Waals surface area (Å²) in [6, 6.07) is -0.350. The maximum absolute atomic E-state index is 12.2. The first-order valence-electron chi connectivity index (χ1n) is 4.38. The molecule has 0 aromatic carbocycles. The molecule has 1 rings (SSSR count). The maximum Gasteiger partial charge on any atom is 0.350 e. The maximum atomic E-state index is 12.2. The first kappa shape index (κ1) is 11.8. The molecule has 7 heteroatoms. The number of halogens is 2. The van der Waals surface area contributed by atoms with Crippen molar-refractivity contribution in [1.82, 2.24) is 4.31 Å². The first-order valence-corrected chi connectivity index (χ1v) is 5.88. The molecule has 0 saturated carbocycles. The lowest BCUT2D eigenvalue weighted by Gasteiger charge is -2.33. The number of hydrogen-bond acceptors (Lipinski definition) is 3. The van der Waals surface area contributed by atoms with Gasteiger partial charge in [-0.1, -0.05) is 6.92 Å². The summed E-state index contributed by atoms with van der Waals surface area (Å²) < 4.78 is 47.2. The van der Waals surface area contributed by atoms with E-state index in [1.165, 1.54) is 0 Å². The molecule has 1 aliphatic heterocycles. The fourth-order valence-corrected chi connectivity index (χ4v) is 2.38. The summed E-state index contributed by atoms with van der Waals surface area (Å²) in [6.07, 6.45) is 0.535. The molecular formula is C7H14F2N2O2S. The summed E-state index contributed by atoms with van der Waals surface area (Å²) in [5.41, 5.74) is 5.61. The summed E-state index contributed by atoms with van der Waals surface area (Å²) >= 11 is 0. The van der Waals surface area contributed by atoms with E-state index in [1.807, 2.05) is 6.92 Å². The van der Waals surface area contributed by atoms with Crippen molar-refractivity contribution in [3.05, 3.63) is 0 Å². The summed E-state index contributed by atoms with van der Waals surface area (Å²) in [7, 11) is -4.44. The van der Waals surface area contributed by atoms with Crippen LogP contribution in [0.25, 0.3) is 0 Å². The van der Waals surface area contributed by atoms with E-state index in [4.69, 9.17) is 5.73 Å². The van der Waals surface area contributed by atoms with E-state index in [2.05, 4.69) is 0 Å². The van der Waals surface area contributed by atoms with Crippen molar-refractivity contribution < 1.29 is 17.2 Å². The molecule has 14 heavy (non-hydrogen) atoms. The fraction of sp³-hybridized carbons (Fsp3) is 1.00. The van der Waals surface area contributed by atoms with Crippen molar-refractivity contribution >= 4 is 10.0 Å². The van der Waals surface area contributed by atoms with Crippen LogP contribution in [0.1, 0.15) is 13.3 Å². The van der Waals surface area contributed by atoms with Crippen molar-refractivity contribution in [2.75, 3.05) is 13.1 Å². The molecule has 0 amide bonds. The van der Waals surface area contributed by atoms with Crippen molar-refractivity contribution in [2.45, 2.75) is 25.1 Å². The lowest BCUT2D eigenvalue weighted by Crippen LogP contribution is -2.50. The monoisotopic (exact) mass is 228 g/mol. The number of piperidine rings is 1. The number of hydrogen-bond donors (Lipinski definition) is 1. The zero-order valence-electron chi connectivity index (χ0n) is 7.86. The number of sulfonamides is 1. The summed E-state index contributed by atoms with van der Waals surface area (Å²) in [5.74, 6) is -3.16. The van der Waals surface area contributed by atoms with E-state index in [-0.39, 0.29) is 25.0 Å². The fourth-order valence-electron chi connectivity index (χ4n) is 1.41. The average molecular weight is 228 g/mol. The van der Waals surface area contributed by atoms with Gasteiger partial charge in [0.25, 0.3) is 10.0 Å². The van der Waals surface area contributed by atoms with Gasteiger partial charge in [-0.2, -0.15) is 13.1 Å². The Bertz CT molecular complexity index is 294. The molecule has 0 bridgehead atoms. The van der Waals surface area contributed by atoms with Gasteiger partial charge in [0.15, 0.2) is 0 Å². The molecule has 1 saturated heterocycles. The molecule has 0 aromatic heterocycles. The molecule has 1 aliphatic rings. The number of nitrogens with zero attached hydrogens (tertiary/aromatic N) is 1. The summed E-state index contributed by atoms with van der Waals surface area (Å²) in [4.78, 5) is 0. The zero-order chi connectivity index (χ0) is 10.9. The van der Waals surface area contributed by atoms with E-state index < -0.39 is 15.8 Å². The average Bonchev–Trinajstić information content (AvgIpc) is 2.09. The Kier molecular flexibility index (Phi) is 3.44. The lowest BCUT2D eigenvalue weighted by molar-refractivity contribution is 0.198. The highest BCUT2D eigenvalue weighted by Crippen LogP contribution is 2.21. The van der Waals surface area contributed by atoms with Crippen LogP contribution in [0.2, 0.25) is 0 Å². The number of alkyl halides is 2. The van der Waals surface area contributed by atoms with Gasteiger partial charge in [-0.3, -0.25) is 0 Å².